The van der Waals surface area contributed by atoms with Crippen LogP contribution < -0.4 is 16.4 Å². The number of likely N-dealkylation sites (tertiary alicyclic amines) is 1. The molecule has 180 valence electrons. The highest BCUT2D eigenvalue weighted by molar-refractivity contribution is 6.37. The number of nitrogens with two attached hydrogens (primary N) is 1. The van der Waals surface area contributed by atoms with Crippen LogP contribution in [-0.2, 0) is 11.3 Å². The average molecular weight is 467 g/mol. The second-order valence-corrected chi connectivity index (χ2v) is 10.1. The number of hydrogen-bond acceptors (Lipinski definition) is 4. The van der Waals surface area contributed by atoms with Crippen LogP contribution in [0.25, 0.3) is 11.3 Å². The van der Waals surface area contributed by atoms with Crippen molar-refractivity contribution >= 4 is 34.2 Å². The van der Waals surface area contributed by atoms with Crippen LogP contribution in [0.5, 0.6) is 0 Å². The first-order valence-corrected chi connectivity index (χ1v) is 12.6. The van der Waals surface area contributed by atoms with Gasteiger partial charge in [-0.15, -0.1) is 0 Å². The van der Waals surface area contributed by atoms with Crippen LogP contribution >= 0.6 is 0 Å². The van der Waals surface area contributed by atoms with Gasteiger partial charge in [0, 0.05) is 29.2 Å². The van der Waals surface area contributed by atoms with Gasteiger partial charge in [-0.05, 0) is 79.2 Å². The fourth-order valence-corrected chi connectivity index (χ4v) is 5.19. The molecular weight excluding hydrogens is 432 g/mol. The van der Waals surface area contributed by atoms with E-state index in [0.717, 1.165) is 46.6 Å². The van der Waals surface area contributed by atoms with Crippen molar-refractivity contribution in [3.05, 3.63) is 89.5 Å². The second kappa shape index (κ2) is 9.96. The number of carbonyl (C=O) groups excluding carboxylic acids is 1. The van der Waals surface area contributed by atoms with E-state index in [0.29, 0.717) is 11.3 Å². The molecule has 0 aliphatic carbocycles. The Balaban J connectivity index is 1.39. The van der Waals surface area contributed by atoms with Gasteiger partial charge in [0.05, 0.1) is 11.3 Å². The summed E-state index contributed by atoms with van der Waals surface area (Å²) >= 11 is 0. The van der Waals surface area contributed by atoms with Gasteiger partial charge in [-0.25, -0.2) is 0 Å². The SMILES string of the molecule is CC(C)C1CCN(Cc2ccc(NC(=C3C(=O)Nc4ccc(N)cc43)c3ccccc3)cc2)CC1. The zero-order valence-electron chi connectivity index (χ0n) is 20.6. The van der Waals surface area contributed by atoms with Gasteiger partial charge in [0.25, 0.3) is 5.91 Å². The number of carbonyl (C=O) groups is 1. The number of hydrogen-bond donors (Lipinski definition) is 3. The molecule has 1 saturated heterocycles. The van der Waals surface area contributed by atoms with Gasteiger partial charge < -0.3 is 16.4 Å². The Kier molecular flexibility index (Phi) is 6.60. The van der Waals surface area contributed by atoms with Crippen molar-refractivity contribution in [3.63, 3.8) is 0 Å². The minimum atomic E-state index is -0.127. The van der Waals surface area contributed by atoms with Gasteiger partial charge in [-0.2, -0.15) is 0 Å². The van der Waals surface area contributed by atoms with Crippen LogP contribution in [0.2, 0.25) is 0 Å². The molecule has 1 amide bonds. The van der Waals surface area contributed by atoms with Gasteiger partial charge >= 0.3 is 0 Å². The number of benzene rings is 3. The Morgan fingerprint density at radius 3 is 2.43 bits per heavy atom. The summed E-state index contributed by atoms with van der Waals surface area (Å²) < 4.78 is 0. The first-order chi connectivity index (χ1) is 17.0. The van der Waals surface area contributed by atoms with E-state index >= 15 is 0 Å². The van der Waals surface area contributed by atoms with Gasteiger partial charge in [0.1, 0.15) is 0 Å². The van der Waals surface area contributed by atoms with E-state index in [1.54, 1.807) is 0 Å². The third kappa shape index (κ3) is 5.10. The van der Waals surface area contributed by atoms with Crippen LogP contribution in [0.3, 0.4) is 0 Å². The summed E-state index contributed by atoms with van der Waals surface area (Å²) in [6.07, 6.45) is 2.58. The fourth-order valence-electron chi connectivity index (χ4n) is 5.19. The number of piperidine rings is 1. The normalized spacial score (nSPS) is 17.9. The minimum Gasteiger partial charge on any atom is -0.399 e. The molecule has 0 aromatic heterocycles. The van der Waals surface area contributed by atoms with Gasteiger partial charge in [0.15, 0.2) is 0 Å². The summed E-state index contributed by atoms with van der Waals surface area (Å²) in [4.78, 5) is 15.6. The maximum absolute atomic E-state index is 13.0. The highest BCUT2D eigenvalue weighted by Gasteiger charge is 2.28. The molecule has 5 heteroatoms. The Morgan fingerprint density at radius 1 is 1.03 bits per heavy atom. The predicted octanol–water partition coefficient (Wildman–Crippen LogP) is 6.07. The largest absolute Gasteiger partial charge is 0.399 e. The summed E-state index contributed by atoms with van der Waals surface area (Å²) in [5.41, 5.74) is 12.9. The number of amides is 1. The lowest BCUT2D eigenvalue weighted by Crippen LogP contribution is -2.34. The zero-order chi connectivity index (χ0) is 24.4. The van der Waals surface area contributed by atoms with Crippen molar-refractivity contribution in [2.24, 2.45) is 11.8 Å². The highest BCUT2D eigenvalue weighted by Crippen LogP contribution is 2.38. The van der Waals surface area contributed by atoms with Crippen molar-refractivity contribution < 1.29 is 4.79 Å². The van der Waals surface area contributed by atoms with E-state index < -0.39 is 0 Å². The molecule has 0 atom stereocenters. The molecule has 0 spiro atoms. The molecule has 2 aliphatic rings. The van der Waals surface area contributed by atoms with Crippen LogP contribution in [0.1, 0.15) is 43.4 Å². The van der Waals surface area contributed by atoms with E-state index in [-0.39, 0.29) is 5.91 Å². The van der Waals surface area contributed by atoms with Crippen molar-refractivity contribution in [1.82, 2.24) is 4.90 Å². The Bertz CT molecular complexity index is 1220. The Hall–Kier alpha value is -3.57. The van der Waals surface area contributed by atoms with Crippen molar-refractivity contribution in [3.8, 4) is 0 Å². The lowest BCUT2D eigenvalue weighted by atomic mass is 9.86. The van der Waals surface area contributed by atoms with Crippen molar-refractivity contribution in [1.29, 1.82) is 0 Å². The van der Waals surface area contributed by atoms with Crippen molar-refractivity contribution in [2.75, 3.05) is 29.5 Å². The summed E-state index contributed by atoms with van der Waals surface area (Å²) in [5, 5.41) is 6.52. The molecule has 0 bridgehead atoms. The summed E-state index contributed by atoms with van der Waals surface area (Å²) in [5.74, 6) is 1.51. The molecule has 2 heterocycles. The number of nitrogen functional groups attached to an aromatic ring is 1. The van der Waals surface area contributed by atoms with Gasteiger partial charge in [0.2, 0.25) is 0 Å². The first-order valence-electron chi connectivity index (χ1n) is 12.6. The van der Waals surface area contributed by atoms with E-state index in [4.69, 9.17) is 5.73 Å². The highest BCUT2D eigenvalue weighted by atomic mass is 16.2. The topological polar surface area (TPSA) is 70.4 Å². The molecule has 3 aromatic rings. The zero-order valence-corrected chi connectivity index (χ0v) is 20.6. The maximum atomic E-state index is 13.0. The maximum Gasteiger partial charge on any atom is 0.258 e. The fraction of sp³-hybridized carbons (Fsp3) is 0.300. The third-order valence-electron chi connectivity index (χ3n) is 7.31. The van der Waals surface area contributed by atoms with E-state index in [1.165, 1.54) is 31.5 Å². The average Bonchev–Trinajstić information content (AvgIpc) is 3.19. The molecule has 5 rings (SSSR count). The molecule has 35 heavy (non-hydrogen) atoms. The second-order valence-electron chi connectivity index (χ2n) is 10.1. The first kappa shape index (κ1) is 23.2. The Morgan fingerprint density at radius 2 is 1.74 bits per heavy atom. The monoisotopic (exact) mass is 466 g/mol. The van der Waals surface area contributed by atoms with Crippen LogP contribution in [-0.4, -0.2) is 23.9 Å². The molecule has 1 fully saturated rings. The number of nitrogens with one attached hydrogen (secondary N) is 2. The van der Waals surface area contributed by atoms with Crippen LogP contribution in [0.15, 0.2) is 72.8 Å². The number of fused-ring (bicyclic) bond motifs is 1. The van der Waals surface area contributed by atoms with Crippen LogP contribution in [0, 0.1) is 11.8 Å². The molecular formula is C30H34N4O. The summed E-state index contributed by atoms with van der Waals surface area (Å²) in [7, 11) is 0. The molecule has 2 aliphatic heterocycles. The number of anilines is 3. The molecule has 0 radical (unpaired) electrons. The quantitative estimate of drug-likeness (QED) is 0.305. The smallest absolute Gasteiger partial charge is 0.258 e. The standard InChI is InChI=1S/C30H34N4O/c1-20(2)22-14-16-34(17-15-22)19-21-8-11-25(12-9-21)32-29(23-6-4-3-5-7-23)28-26-18-24(31)10-13-27(26)33-30(28)35/h3-13,18,20,22,32H,14-17,19,31H2,1-2H3,(H,33,35). The van der Waals surface area contributed by atoms with E-state index in [9.17, 15) is 4.79 Å². The molecule has 0 saturated carbocycles. The van der Waals surface area contributed by atoms with E-state index in [2.05, 4.69) is 53.6 Å². The van der Waals surface area contributed by atoms with E-state index in [1.807, 2.05) is 48.5 Å². The lowest BCUT2D eigenvalue weighted by molar-refractivity contribution is -0.110. The van der Waals surface area contributed by atoms with Crippen LogP contribution in [0.4, 0.5) is 17.1 Å². The molecule has 4 N–H and O–H groups in total. The number of nitrogens with zero attached hydrogens (tertiary/aromatic N) is 1. The number of rotatable bonds is 6. The predicted molar refractivity (Wildman–Crippen MR) is 146 cm³/mol. The third-order valence-corrected chi connectivity index (χ3v) is 7.31. The molecule has 3 aromatic carbocycles. The van der Waals surface area contributed by atoms with Crippen molar-refractivity contribution in [2.45, 2.75) is 33.2 Å². The van der Waals surface area contributed by atoms with Gasteiger partial charge in [-0.3, -0.25) is 9.69 Å². The molecule has 0 unspecified atom stereocenters. The Labute approximate surface area is 208 Å². The van der Waals surface area contributed by atoms with Gasteiger partial charge in [-0.1, -0.05) is 56.3 Å². The molecule has 5 nitrogen and oxygen atoms in total. The lowest BCUT2D eigenvalue weighted by Gasteiger charge is -2.33. The summed E-state index contributed by atoms with van der Waals surface area (Å²) in [6, 6.07) is 24.1. The minimum absolute atomic E-state index is 0.127. The summed E-state index contributed by atoms with van der Waals surface area (Å²) in [6.45, 7) is 8.00.